The molecular weight excluding hydrogens is 230 g/mol. The summed E-state index contributed by atoms with van der Waals surface area (Å²) in [6.45, 7) is 2.84. The second-order valence-corrected chi connectivity index (χ2v) is 4.83. The lowest BCUT2D eigenvalue weighted by Gasteiger charge is -2.32. The third-order valence-corrected chi connectivity index (χ3v) is 3.57. The van der Waals surface area contributed by atoms with Gasteiger partial charge < -0.3 is 15.4 Å². The third kappa shape index (κ3) is 2.37. The summed E-state index contributed by atoms with van der Waals surface area (Å²) in [6, 6.07) is 3.78. The van der Waals surface area contributed by atoms with E-state index < -0.39 is 5.54 Å². The minimum Gasteiger partial charge on any atom is -0.379 e. The van der Waals surface area contributed by atoms with Crippen molar-refractivity contribution in [2.45, 2.75) is 24.9 Å². The van der Waals surface area contributed by atoms with E-state index >= 15 is 0 Å². The Labute approximate surface area is 107 Å². The van der Waals surface area contributed by atoms with Gasteiger partial charge in [0.15, 0.2) is 0 Å². The zero-order valence-electron chi connectivity index (χ0n) is 10.8. The average molecular weight is 249 g/mol. The summed E-state index contributed by atoms with van der Waals surface area (Å²) in [4.78, 5) is 18.0. The van der Waals surface area contributed by atoms with Gasteiger partial charge in [0.2, 0.25) is 5.91 Å². The molecule has 18 heavy (non-hydrogen) atoms. The average Bonchev–Trinajstić information content (AvgIpc) is 2.85. The molecule has 2 rings (SSSR count). The maximum absolute atomic E-state index is 12.4. The molecule has 5 nitrogen and oxygen atoms in total. The van der Waals surface area contributed by atoms with Gasteiger partial charge in [-0.3, -0.25) is 9.78 Å². The van der Waals surface area contributed by atoms with Crippen molar-refractivity contribution in [1.82, 2.24) is 9.88 Å². The Balaban J connectivity index is 2.11. The highest BCUT2D eigenvalue weighted by atomic mass is 16.5. The first-order valence-electron chi connectivity index (χ1n) is 6.08. The van der Waals surface area contributed by atoms with Crippen LogP contribution in [0.3, 0.4) is 0 Å². The first kappa shape index (κ1) is 13.0. The first-order chi connectivity index (χ1) is 8.54. The highest BCUT2D eigenvalue weighted by Gasteiger charge is 2.41. The standard InChI is InChI=1S/C13H19N3O2/c1-10(11-3-6-15-7-4-11)16(2)12(17)13(14)5-8-18-9-13/h3-4,6-7,10H,5,8-9,14H2,1-2H3. The Kier molecular flexibility index (Phi) is 3.63. The number of nitrogens with zero attached hydrogens (tertiary/aromatic N) is 2. The van der Waals surface area contributed by atoms with Crippen molar-refractivity contribution in [2.75, 3.05) is 20.3 Å². The lowest BCUT2D eigenvalue weighted by molar-refractivity contribution is -0.137. The van der Waals surface area contributed by atoms with Gasteiger partial charge >= 0.3 is 0 Å². The van der Waals surface area contributed by atoms with E-state index in [4.69, 9.17) is 10.5 Å². The van der Waals surface area contributed by atoms with Crippen molar-refractivity contribution >= 4 is 5.91 Å². The van der Waals surface area contributed by atoms with Gasteiger partial charge in [0.1, 0.15) is 5.54 Å². The third-order valence-electron chi connectivity index (χ3n) is 3.57. The normalized spacial score (nSPS) is 24.8. The van der Waals surface area contributed by atoms with Crippen LogP contribution in [0.2, 0.25) is 0 Å². The van der Waals surface area contributed by atoms with Gasteiger partial charge in [-0.15, -0.1) is 0 Å². The van der Waals surface area contributed by atoms with E-state index in [1.54, 1.807) is 24.3 Å². The first-order valence-corrected chi connectivity index (χ1v) is 6.08. The molecule has 1 aliphatic rings. The molecular formula is C13H19N3O2. The van der Waals surface area contributed by atoms with Gasteiger partial charge in [0.05, 0.1) is 12.6 Å². The fraction of sp³-hybridized carbons (Fsp3) is 0.538. The van der Waals surface area contributed by atoms with E-state index in [-0.39, 0.29) is 11.9 Å². The molecule has 1 aromatic heterocycles. The topological polar surface area (TPSA) is 68.5 Å². The van der Waals surface area contributed by atoms with Crippen LogP contribution >= 0.6 is 0 Å². The Morgan fingerprint density at radius 2 is 2.22 bits per heavy atom. The lowest BCUT2D eigenvalue weighted by Crippen LogP contribution is -2.55. The Hall–Kier alpha value is -1.46. The Morgan fingerprint density at radius 3 is 2.78 bits per heavy atom. The van der Waals surface area contributed by atoms with E-state index in [0.29, 0.717) is 19.6 Å². The quantitative estimate of drug-likeness (QED) is 0.857. The molecule has 0 radical (unpaired) electrons. The molecule has 98 valence electrons. The van der Waals surface area contributed by atoms with Crippen LogP contribution in [-0.2, 0) is 9.53 Å². The second-order valence-electron chi connectivity index (χ2n) is 4.83. The van der Waals surface area contributed by atoms with Crippen LogP contribution in [0.1, 0.15) is 24.9 Å². The molecule has 0 aliphatic carbocycles. The van der Waals surface area contributed by atoms with Crippen molar-refractivity contribution in [2.24, 2.45) is 5.73 Å². The van der Waals surface area contributed by atoms with Crippen molar-refractivity contribution in [3.8, 4) is 0 Å². The number of rotatable bonds is 3. The lowest BCUT2D eigenvalue weighted by atomic mass is 9.97. The fourth-order valence-electron chi connectivity index (χ4n) is 2.14. The van der Waals surface area contributed by atoms with Crippen LogP contribution in [0, 0.1) is 0 Å². The van der Waals surface area contributed by atoms with E-state index in [9.17, 15) is 4.79 Å². The van der Waals surface area contributed by atoms with Gasteiger partial charge in [-0.25, -0.2) is 0 Å². The number of pyridine rings is 1. The van der Waals surface area contributed by atoms with Crippen molar-refractivity contribution in [3.05, 3.63) is 30.1 Å². The van der Waals surface area contributed by atoms with Gasteiger partial charge in [0.25, 0.3) is 0 Å². The molecule has 1 aromatic rings. The SMILES string of the molecule is CC(c1ccncc1)N(C)C(=O)C1(N)CCOC1. The number of carbonyl (C=O) groups is 1. The number of nitrogens with two attached hydrogens (primary N) is 1. The number of hydrogen-bond donors (Lipinski definition) is 1. The van der Waals surface area contributed by atoms with Crippen LogP contribution in [0.25, 0.3) is 0 Å². The maximum Gasteiger partial charge on any atom is 0.245 e. The summed E-state index contributed by atoms with van der Waals surface area (Å²) in [7, 11) is 1.78. The molecule has 0 aromatic carbocycles. The highest BCUT2D eigenvalue weighted by Crippen LogP contribution is 2.24. The van der Waals surface area contributed by atoms with Crippen LogP contribution in [0.5, 0.6) is 0 Å². The number of hydrogen-bond acceptors (Lipinski definition) is 4. The minimum absolute atomic E-state index is 0.0264. The zero-order chi connectivity index (χ0) is 13.2. The van der Waals surface area contributed by atoms with Crippen LogP contribution in [0.15, 0.2) is 24.5 Å². The van der Waals surface area contributed by atoms with Crippen molar-refractivity contribution in [1.29, 1.82) is 0 Å². The van der Waals surface area contributed by atoms with Crippen LogP contribution in [0.4, 0.5) is 0 Å². The number of likely N-dealkylation sites (N-methyl/N-ethyl adjacent to an activating group) is 1. The number of amides is 1. The summed E-state index contributed by atoms with van der Waals surface area (Å²) < 4.78 is 5.23. The minimum atomic E-state index is -0.865. The van der Waals surface area contributed by atoms with E-state index in [2.05, 4.69) is 4.98 Å². The van der Waals surface area contributed by atoms with E-state index in [1.165, 1.54) is 0 Å². The van der Waals surface area contributed by atoms with E-state index in [0.717, 1.165) is 5.56 Å². The van der Waals surface area contributed by atoms with Gasteiger partial charge in [0, 0.05) is 26.0 Å². The van der Waals surface area contributed by atoms with Crippen LogP contribution in [-0.4, -0.2) is 41.6 Å². The number of carbonyl (C=O) groups excluding carboxylic acids is 1. The maximum atomic E-state index is 12.4. The summed E-state index contributed by atoms with van der Waals surface area (Å²) in [5.41, 5.74) is 6.27. The van der Waals surface area contributed by atoms with Gasteiger partial charge in [-0.1, -0.05) is 0 Å². The largest absolute Gasteiger partial charge is 0.379 e. The van der Waals surface area contributed by atoms with Gasteiger partial charge in [-0.05, 0) is 31.0 Å². The van der Waals surface area contributed by atoms with E-state index in [1.807, 2.05) is 19.1 Å². The summed E-state index contributed by atoms with van der Waals surface area (Å²) >= 11 is 0. The van der Waals surface area contributed by atoms with Crippen molar-refractivity contribution in [3.63, 3.8) is 0 Å². The van der Waals surface area contributed by atoms with Crippen molar-refractivity contribution < 1.29 is 9.53 Å². The Morgan fingerprint density at radius 1 is 1.56 bits per heavy atom. The molecule has 1 fully saturated rings. The molecule has 1 amide bonds. The summed E-state index contributed by atoms with van der Waals surface area (Å²) in [5, 5.41) is 0. The number of ether oxygens (including phenoxy) is 1. The molecule has 2 unspecified atom stereocenters. The zero-order valence-corrected chi connectivity index (χ0v) is 10.8. The molecule has 0 bridgehead atoms. The molecule has 2 heterocycles. The second kappa shape index (κ2) is 5.04. The molecule has 1 saturated heterocycles. The molecule has 2 atom stereocenters. The Bertz CT molecular complexity index is 416. The van der Waals surface area contributed by atoms with Gasteiger partial charge in [-0.2, -0.15) is 0 Å². The molecule has 5 heteroatoms. The monoisotopic (exact) mass is 249 g/mol. The molecule has 1 aliphatic heterocycles. The predicted octanol–water partition coefficient (Wildman–Crippen LogP) is 0.719. The smallest absolute Gasteiger partial charge is 0.245 e. The summed E-state index contributed by atoms with van der Waals surface area (Å²) in [5.74, 6) is -0.0655. The molecule has 0 saturated carbocycles. The molecule has 0 spiro atoms. The highest BCUT2D eigenvalue weighted by molar-refractivity contribution is 5.86. The fourth-order valence-corrected chi connectivity index (χ4v) is 2.14. The summed E-state index contributed by atoms with van der Waals surface area (Å²) in [6.07, 6.45) is 4.03. The molecule has 2 N–H and O–H groups in total. The number of aromatic nitrogens is 1. The predicted molar refractivity (Wildman–Crippen MR) is 67.8 cm³/mol. The van der Waals surface area contributed by atoms with Crippen LogP contribution < -0.4 is 5.73 Å².